The Balaban J connectivity index is 1.90. The first-order chi connectivity index (χ1) is 12.8. The van der Waals surface area contributed by atoms with Gasteiger partial charge in [-0.1, -0.05) is 32.0 Å². The molecule has 1 atom stereocenters. The fraction of sp³-hybridized carbons (Fsp3) is 0.300. The lowest BCUT2D eigenvalue weighted by molar-refractivity contribution is -0.155. The van der Waals surface area contributed by atoms with Gasteiger partial charge in [0.2, 0.25) is 0 Å². The highest BCUT2D eigenvalue weighted by molar-refractivity contribution is 5.95. The first kappa shape index (κ1) is 20.4. The predicted molar refractivity (Wildman–Crippen MR) is 96.6 cm³/mol. The van der Waals surface area contributed by atoms with Crippen LogP contribution < -0.4 is 10.1 Å². The van der Waals surface area contributed by atoms with E-state index in [-0.39, 0.29) is 18.2 Å². The number of hydrogen-bond acceptors (Lipinski definition) is 4. The zero-order chi connectivity index (χ0) is 20.0. The second kappa shape index (κ2) is 9.12. The zero-order valence-corrected chi connectivity index (χ0v) is 15.3. The summed E-state index contributed by atoms with van der Waals surface area (Å²) in [5.74, 6) is -2.26. The monoisotopic (exact) mass is 377 g/mol. The van der Waals surface area contributed by atoms with E-state index in [2.05, 4.69) is 5.32 Å². The van der Waals surface area contributed by atoms with E-state index in [1.54, 1.807) is 12.1 Å². The van der Waals surface area contributed by atoms with Crippen molar-refractivity contribution in [2.45, 2.75) is 32.8 Å². The number of rotatable bonds is 7. The molecular weight excluding hydrogens is 356 g/mol. The molecule has 27 heavy (non-hydrogen) atoms. The van der Waals surface area contributed by atoms with Gasteiger partial charge in [-0.15, -0.1) is 0 Å². The van der Waals surface area contributed by atoms with Crippen molar-refractivity contribution in [1.29, 1.82) is 0 Å². The highest BCUT2D eigenvalue weighted by Gasteiger charge is 2.20. The van der Waals surface area contributed by atoms with E-state index in [0.29, 0.717) is 5.75 Å². The second-order valence-electron chi connectivity index (χ2n) is 6.23. The number of esters is 1. The first-order valence-electron chi connectivity index (χ1n) is 8.45. The molecule has 2 aromatic rings. The smallest absolute Gasteiger partial charge is 0.344 e. The van der Waals surface area contributed by atoms with Crippen LogP contribution in [0.25, 0.3) is 0 Å². The Morgan fingerprint density at radius 3 is 2.48 bits per heavy atom. The number of halogens is 2. The van der Waals surface area contributed by atoms with E-state index < -0.39 is 29.6 Å². The van der Waals surface area contributed by atoms with Crippen LogP contribution in [0.4, 0.5) is 14.5 Å². The average molecular weight is 377 g/mol. The summed E-state index contributed by atoms with van der Waals surface area (Å²) < 4.78 is 37.2. The highest BCUT2D eigenvalue weighted by Crippen LogP contribution is 2.25. The van der Waals surface area contributed by atoms with Crippen molar-refractivity contribution in [3.63, 3.8) is 0 Å². The Labute approximate surface area is 156 Å². The van der Waals surface area contributed by atoms with E-state index in [9.17, 15) is 18.4 Å². The number of para-hydroxylation sites is 1. The molecule has 0 spiro atoms. The van der Waals surface area contributed by atoms with Gasteiger partial charge in [-0.2, -0.15) is 0 Å². The molecule has 0 radical (unpaired) electrons. The molecule has 1 N–H and O–H groups in total. The molecule has 0 bridgehead atoms. The molecule has 144 valence electrons. The fourth-order valence-electron chi connectivity index (χ4n) is 2.34. The summed E-state index contributed by atoms with van der Waals surface area (Å²) in [4.78, 5) is 23.9. The van der Waals surface area contributed by atoms with Crippen LogP contribution in [0.1, 0.15) is 32.3 Å². The second-order valence-corrected chi connectivity index (χ2v) is 6.23. The van der Waals surface area contributed by atoms with Crippen molar-refractivity contribution >= 4 is 17.6 Å². The minimum absolute atomic E-state index is 0.211. The van der Waals surface area contributed by atoms with Gasteiger partial charge in [-0.25, -0.2) is 13.6 Å². The fourth-order valence-corrected chi connectivity index (χ4v) is 2.34. The number of nitrogens with one attached hydrogen (secondary N) is 1. The molecule has 7 heteroatoms. The van der Waals surface area contributed by atoms with E-state index in [1.807, 2.05) is 26.0 Å². The molecule has 0 saturated heterocycles. The van der Waals surface area contributed by atoms with Gasteiger partial charge in [0.15, 0.2) is 12.7 Å². The molecule has 0 aromatic heterocycles. The van der Waals surface area contributed by atoms with Crippen LogP contribution in [0.15, 0.2) is 42.5 Å². The van der Waals surface area contributed by atoms with Crippen LogP contribution in [-0.2, 0) is 14.3 Å². The number of carbonyl (C=O) groups excluding carboxylic acids is 2. The van der Waals surface area contributed by atoms with Gasteiger partial charge in [-0.3, -0.25) is 4.79 Å². The summed E-state index contributed by atoms with van der Waals surface area (Å²) in [6.07, 6.45) is -1.20. The van der Waals surface area contributed by atoms with Gasteiger partial charge in [0.25, 0.3) is 5.91 Å². The van der Waals surface area contributed by atoms with Crippen LogP contribution in [0.5, 0.6) is 5.75 Å². The van der Waals surface area contributed by atoms with Gasteiger partial charge < -0.3 is 14.8 Å². The zero-order valence-electron chi connectivity index (χ0n) is 15.3. The number of anilines is 1. The molecule has 0 aliphatic carbocycles. The number of carbonyl (C=O) groups is 2. The number of ether oxygens (including phenoxy) is 2. The third-order valence-corrected chi connectivity index (χ3v) is 3.75. The van der Waals surface area contributed by atoms with E-state index in [0.717, 1.165) is 23.8 Å². The molecule has 0 heterocycles. The van der Waals surface area contributed by atoms with E-state index in [1.165, 1.54) is 6.92 Å². The number of hydrogen-bond donors (Lipinski definition) is 1. The minimum Gasteiger partial charge on any atom is -0.482 e. The average Bonchev–Trinajstić information content (AvgIpc) is 2.63. The van der Waals surface area contributed by atoms with Crippen molar-refractivity contribution in [2.75, 3.05) is 11.9 Å². The molecule has 0 saturated carbocycles. The first-order valence-corrected chi connectivity index (χ1v) is 8.45. The molecule has 2 aromatic carbocycles. The Bertz CT molecular complexity index is 823. The SMILES string of the molecule is CC(C)c1ccccc1OCC(=O)O[C@H](C)C(=O)Nc1cc(F)ccc1F. The largest absolute Gasteiger partial charge is 0.482 e. The quantitative estimate of drug-likeness (QED) is 0.740. The molecule has 2 rings (SSSR count). The summed E-state index contributed by atoms with van der Waals surface area (Å²) in [5.41, 5.74) is 0.614. The van der Waals surface area contributed by atoms with Crippen LogP contribution in [-0.4, -0.2) is 24.6 Å². The molecule has 0 fully saturated rings. The van der Waals surface area contributed by atoms with Gasteiger partial charge in [-0.05, 0) is 36.6 Å². The lowest BCUT2D eigenvalue weighted by Gasteiger charge is -2.16. The van der Waals surface area contributed by atoms with Crippen LogP contribution in [0, 0.1) is 11.6 Å². The number of amides is 1. The maximum Gasteiger partial charge on any atom is 0.344 e. The lowest BCUT2D eigenvalue weighted by Crippen LogP contribution is -2.32. The van der Waals surface area contributed by atoms with Crippen molar-refractivity contribution in [2.24, 2.45) is 0 Å². The van der Waals surface area contributed by atoms with Crippen molar-refractivity contribution in [3.05, 3.63) is 59.7 Å². The Kier molecular flexibility index (Phi) is 6.87. The van der Waals surface area contributed by atoms with Gasteiger partial charge in [0.1, 0.15) is 17.4 Å². The molecular formula is C20H21F2NO4. The Morgan fingerprint density at radius 1 is 1.07 bits per heavy atom. The van der Waals surface area contributed by atoms with Gasteiger partial charge in [0, 0.05) is 6.07 Å². The molecule has 1 amide bonds. The summed E-state index contributed by atoms with van der Waals surface area (Å²) >= 11 is 0. The van der Waals surface area contributed by atoms with Crippen molar-refractivity contribution < 1.29 is 27.8 Å². The van der Waals surface area contributed by atoms with E-state index in [4.69, 9.17) is 9.47 Å². The Hall–Kier alpha value is -2.96. The summed E-state index contributed by atoms with van der Waals surface area (Å²) in [5, 5.41) is 2.18. The third-order valence-electron chi connectivity index (χ3n) is 3.75. The lowest BCUT2D eigenvalue weighted by atomic mass is 10.0. The third kappa shape index (κ3) is 5.77. The molecule has 0 aliphatic rings. The minimum atomic E-state index is -1.20. The normalized spacial score (nSPS) is 11.8. The van der Waals surface area contributed by atoms with Crippen molar-refractivity contribution in [1.82, 2.24) is 0 Å². The predicted octanol–water partition coefficient (Wildman–Crippen LogP) is 4.04. The standard InChI is InChI=1S/C20H21F2NO4/c1-12(2)15-6-4-5-7-18(15)26-11-19(24)27-13(3)20(25)23-17-10-14(21)8-9-16(17)22/h4-10,12-13H,11H2,1-3H3,(H,23,25)/t13-/m1/s1. The number of benzene rings is 2. The maximum atomic E-state index is 13.6. The highest BCUT2D eigenvalue weighted by atomic mass is 19.1. The maximum absolute atomic E-state index is 13.6. The summed E-state index contributed by atoms with van der Waals surface area (Å²) in [6.45, 7) is 4.94. The van der Waals surface area contributed by atoms with Gasteiger partial charge >= 0.3 is 5.97 Å². The molecule has 5 nitrogen and oxygen atoms in total. The molecule has 0 unspecified atom stereocenters. The topological polar surface area (TPSA) is 64.6 Å². The van der Waals surface area contributed by atoms with E-state index >= 15 is 0 Å². The van der Waals surface area contributed by atoms with Crippen LogP contribution >= 0.6 is 0 Å². The summed E-state index contributed by atoms with van der Waals surface area (Å²) in [6, 6.07) is 9.96. The van der Waals surface area contributed by atoms with Crippen LogP contribution in [0.3, 0.4) is 0 Å². The van der Waals surface area contributed by atoms with Crippen molar-refractivity contribution in [3.8, 4) is 5.75 Å². The summed E-state index contributed by atoms with van der Waals surface area (Å²) in [7, 11) is 0. The Morgan fingerprint density at radius 2 is 1.78 bits per heavy atom. The molecule has 0 aliphatic heterocycles. The van der Waals surface area contributed by atoms with Crippen LogP contribution in [0.2, 0.25) is 0 Å². The van der Waals surface area contributed by atoms with Gasteiger partial charge in [0.05, 0.1) is 5.69 Å².